The van der Waals surface area contributed by atoms with E-state index in [0.717, 1.165) is 28.3 Å². The van der Waals surface area contributed by atoms with Gasteiger partial charge in [-0.2, -0.15) is 0 Å². The fraction of sp³-hybridized carbons (Fsp3) is 0. The van der Waals surface area contributed by atoms with E-state index in [-0.39, 0.29) is 9.88 Å². The van der Waals surface area contributed by atoms with Crippen molar-refractivity contribution >= 4 is 57.8 Å². The largest absolute Gasteiger partial charge is 0.273 e. The minimum absolute atomic E-state index is 0.0773. The van der Waals surface area contributed by atoms with Gasteiger partial charge in [-0.05, 0) is 35.9 Å². The summed E-state index contributed by atoms with van der Waals surface area (Å²) < 4.78 is 13.9. The van der Waals surface area contributed by atoms with Crippen molar-refractivity contribution in [3.8, 4) is 0 Å². The Labute approximate surface area is 152 Å². The van der Waals surface area contributed by atoms with Gasteiger partial charge in [0.05, 0.1) is 10.5 Å². The van der Waals surface area contributed by atoms with Gasteiger partial charge in [0.15, 0.2) is 4.32 Å². The van der Waals surface area contributed by atoms with Gasteiger partial charge in [-0.15, -0.1) is 0 Å². The van der Waals surface area contributed by atoms with Crippen molar-refractivity contribution in [1.82, 2.24) is 4.90 Å². The van der Waals surface area contributed by atoms with Crippen molar-refractivity contribution in [2.75, 3.05) is 0 Å². The molecule has 3 rings (SSSR count). The Balaban J connectivity index is 1.91. The number of carbonyl (C=O) groups excluding carboxylic acids is 2. The van der Waals surface area contributed by atoms with Gasteiger partial charge < -0.3 is 0 Å². The minimum atomic E-state index is -0.768. The van der Waals surface area contributed by atoms with Gasteiger partial charge in [0, 0.05) is 5.02 Å². The molecular formula is C17H9ClFNO2S2. The van der Waals surface area contributed by atoms with Gasteiger partial charge in [0.25, 0.3) is 11.8 Å². The topological polar surface area (TPSA) is 37.4 Å². The van der Waals surface area contributed by atoms with E-state index in [1.54, 1.807) is 30.3 Å². The lowest BCUT2D eigenvalue weighted by Crippen LogP contribution is -2.35. The van der Waals surface area contributed by atoms with Crippen molar-refractivity contribution in [3.63, 3.8) is 0 Å². The molecule has 0 spiro atoms. The highest BCUT2D eigenvalue weighted by molar-refractivity contribution is 8.26. The minimum Gasteiger partial charge on any atom is -0.268 e. The van der Waals surface area contributed by atoms with E-state index < -0.39 is 17.6 Å². The Morgan fingerprint density at radius 1 is 1.17 bits per heavy atom. The first-order valence-corrected chi connectivity index (χ1v) is 8.40. The smallest absolute Gasteiger partial charge is 0.268 e. The third kappa shape index (κ3) is 3.26. The molecule has 0 aliphatic carbocycles. The summed E-state index contributed by atoms with van der Waals surface area (Å²) in [6.45, 7) is 0. The molecule has 2 amide bonds. The number of thioether (sulfide) groups is 1. The number of nitrogens with zero attached hydrogens (tertiary/aromatic N) is 1. The third-order valence-electron chi connectivity index (χ3n) is 3.27. The van der Waals surface area contributed by atoms with Crippen molar-refractivity contribution in [3.05, 3.63) is 75.4 Å². The molecule has 1 fully saturated rings. The molecule has 3 nitrogen and oxygen atoms in total. The van der Waals surface area contributed by atoms with Crippen molar-refractivity contribution in [2.45, 2.75) is 0 Å². The molecule has 24 heavy (non-hydrogen) atoms. The maximum absolute atomic E-state index is 13.8. The second-order valence-electron chi connectivity index (χ2n) is 4.85. The Morgan fingerprint density at radius 3 is 2.50 bits per heavy atom. The fourth-order valence-corrected chi connectivity index (χ4v) is 3.49. The maximum Gasteiger partial charge on any atom is 0.273 e. The molecule has 1 heterocycles. The zero-order valence-corrected chi connectivity index (χ0v) is 14.4. The number of benzene rings is 2. The highest BCUT2D eigenvalue weighted by atomic mass is 35.5. The summed E-state index contributed by atoms with van der Waals surface area (Å²) in [4.78, 5) is 26.1. The zero-order valence-electron chi connectivity index (χ0n) is 12.0. The first-order valence-electron chi connectivity index (χ1n) is 6.80. The Bertz CT molecular complexity index is 880. The quantitative estimate of drug-likeness (QED) is 0.438. The number of carbonyl (C=O) groups is 2. The Morgan fingerprint density at radius 2 is 1.83 bits per heavy atom. The van der Waals surface area contributed by atoms with Crippen molar-refractivity contribution in [2.24, 2.45) is 0 Å². The SMILES string of the molecule is O=C1C(=Cc2ccc(Cl)cc2)SC(=S)N1C(=O)c1ccccc1F. The summed E-state index contributed by atoms with van der Waals surface area (Å²) in [5, 5.41) is 0.578. The monoisotopic (exact) mass is 377 g/mol. The first-order chi connectivity index (χ1) is 11.5. The van der Waals surface area contributed by atoms with Crippen LogP contribution in [0.25, 0.3) is 6.08 Å². The second kappa shape index (κ2) is 6.84. The van der Waals surface area contributed by atoms with Gasteiger partial charge in [0.2, 0.25) is 0 Å². The van der Waals surface area contributed by atoms with E-state index in [0.29, 0.717) is 9.93 Å². The molecule has 0 N–H and O–H groups in total. The van der Waals surface area contributed by atoms with Gasteiger partial charge in [0.1, 0.15) is 5.82 Å². The average Bonchev–Trinajstić information content (AvgIpc) is 2.83. The number of hydrogen-bond acceptors (Lipinski definition) is 4. The lowest BCUT2D eigenvalue weighted by atomic mass is 10.2. The summed E-state index contributed by atoms with van der Waals surface area (Å²) in [6.07, 6.45) is 1.62. The number of imide groups is 1. The first kappa shape index (κ1) is 16.8. The summed E-state index contributed by atoms with van der Waals surface area (Å²) in [5.41, 5.74) is 0.555. The van der Waals surface area contributed by atoms with Crippen LogP contribution in [-0.2, 0) is 4.79 Å². The molecule has 1 aliphatic rings. The van der Waals surface area contributed by atoms with Gasteiger partial charge in [-0.25, -0.2) is 9.29 Å². The van der Waals surface area contributed by atoms with Crippen LogP contribution in [0, 0.1) is 5.82 Å². The number of rotatable bonds is 2. The molecule has 0 saturated carbocycles. The van der Waals surface area contributed by atoms with Crippen LogP contribution in [0.3, 0.4) is 0 Å². The molecule has 0 atom stereocenters. The number of amides is 2. The lowest BCUT2D eigenvalue weighted by molar-refractivity contribution is -0.120. The molecular weight excluding hydrogens is 369 g/mol. The van der Waals surface area contributed by atoms with E-state index in [1.807, 2.05) is 0 Å². The van der Waals surface area contributed by atoms with E-state index in [1.165, 1.54) is 18.2 Å². The third-order valence-corrected chi connectivity index (χ3v) is 4.82. The predicted octanol–water partition coefficient (Wildman–Crippen LogP) is 4.52. The van der Waals surface area contributed by atoms with E-state index in [4.69, 9.17) is 23.8 Å². The van der Waals surface area contributed by atoms with Crippen molar-refractivity contribution < 1.29 is 14.0 Å². The molecule has 0 unspecified atom stereocenters. The molecule has 2 aromatic carbocycles. The molecule has 0 bridgehead atoms. The highest BCUT2D eigenvalue weighted by Gasteiger charge is 2.38. The number of hydrogen-bond donors (Lipinski definition) is 0. The number of thiocarbonyl (C=S) groups is 1. The summed E-state index contributed by atoms with van der Waals surface area (Å²) in [7, 11) is 0. The zero-order chi connectivity index (χ0) is 17.3. The Hall–Kier alpha value is -2.02. The van der Waals surface area contributed by atoms with Crippen LogP contribution in [0.15, 0.2) is 53.4 Å². The predicted molar refractivity (Wildman–Crippen MR) is 97.2 cm³/mol. The lowest BCUT2D eigenvalue weighted by Gasteiger charge is -2.12. The van der Waals surface area contributed by atoms with Crippen LogP contribution in [0.2, 0.25) is 5.02 Å². The molecule has 0 radical (unpaired) electrons. The van der Waals surface area contributed by atoms with Crippen LogP contribution >= 0.6 is 35.6 Å². The van der Waals surface area contributed by atoms with E-state index in [9.17, 15) is 14.0 Å². The summed E-state index contributed by atoms with van der Waals surface area (Å²) in [5.74, 6) is -2.03. The molecule has 7 heteroatoms. The van der Waals surface area contributed by atoms with Gasteiger partial charge >= 0.3 is 0 Å². The van der Waals surface area contributed by atoms with Crippen LogP contribution < -0.4 is 0 Å². The highest BCUT2D eigenvalue weighted by Crippen LogP contribution is 2.34. The summed E-state index contributed by atoms with van der Waals surface area (Å²) in [6, 6.07) is 12.3. The van der Waals surface area contributed by atoms with Crippen LogP contribution in [0.4, 0.5) is 4.39 Å². The van der Waals surface area contributed by atoms with Crippen LogP contribution in [-0.4, -0.2) is 21.0 Å². The van der Waals surface area contributed by atoms with Crippen molar-refractivity contribution in [1.29, 1.82) is 0 Å². The molecule has 1 aliphatic heterocycles. The molecule has 2 aromatic rings. The molecule has 1 saturated heterocycles. The molecule has 120 valence electrons. The number of halogens is 2. The Kier molecular flexibility index (Phi) is 4.80. The van der Waals surface area contributed by atoms with Gasteiger partial charge in [-0.3, -0.25) is 9.59 Å². The molecule has 0 aromatic heterocycles. The maximum atomic E-state index is 13.8. The van der Waals surface area contributed by atoms with E-state index in [2.05, 4.69) is 0 Å². The fourth-order valence-electron chi connectivity index (χ4n) is 2.11. The van der Waals surface area contributed by atoms with Crippen LogP contribution in [0.1, 0.15) is 15.9 Å². The second-order valence-corrected chi connectivity index (χ2v) is 6.97. The van der Waals surface area contributed by atoms with Gasteiger partial charge in [-0.1, -0.05) is 59.8 Å². The summed E-state index contributed by atoms with van der Waals surface area (Å²) >= 11 is 11.9. The van der Waals surface area contributed by atoms with Crippen LogP contribution in [0.5, 0.6) is 0 Å². The average molecular weight is 378 g/mol. The van der Waals surface area contributed by atoms with E-state index >= 15 is 0 Å². The normalized spacial score (nSPS) is 16.1. The standard InChI is InChI=1S/C17H9ClFNO2S2/c18-11-7-5-10(6-8-11)9-14-16(22)20(17(23)24-14)15(21)12-3-1-2-4-13(12)19/h1-9H.